The molecule has 3 heterocycles. The highest BCUT2D eigenvalue weighted by atomic mass is 16.7. The number of hydrogen-bond donors (Lipinski definition) is 0. The molecule has 3 aromatic carbocycles. The summed E-state index contributed by atoms with van der Waals surface area (Å²) in [5, 5.41) is 0. The van der Waals surface area contributed by atoms with Gasteiger partial charge in [0.1, 0.15) is 12.2 Å². The fourth-order valence-corrected chi connectivity index (χ4v) is 6.13. The molecule has 3 aliphatic rings. The molecular formula is C33H37NO6. The van der Waals surface area contributed by atoms with E-state index in [1.54, 1.807) is 0 Å². The minimum atomic E-state index is -0.716. The van der Waals surface area contributed by atoms with Crippen LogP contribution in [0.1, 0.15) is 30.5 Å². The molecular weight excluding hydrogens is 506 g/mol. The molecule has 0 aliphatic carbocycles. The molecule has 7 nitrogen and oxygen atoms in total. The van der Waals surface area contributed by atoms with Gasteiger partial charge in [-0.1, -0.05) is 91.0 Å². The average molecular weight is 544 g/mol. The van der Waals surface area contributed by atoms with E-state index in [1.165, 1.54) is 0 Å². The van der Waals surface area contributed by atoms with E-state index in [4.69, 9.17) is 23.7 Å². The zero-order valence-electron chi connectivity index (χ0n) is 23.1. The maximum Gasteiger partial charge on any atom is 0.231 e. The second-order valence-corrected chi connectivity index (χ2v) is 11.2. The standard InChI is InChI=1S/C33H37NO6/c1-33(2)39-22-27(40-33)28-29-31(38-20-25-16-10-5-11-17-25)30(37-19-24-14-8-4-9-15-24)26(34(29)32(28)35)21-36-18-23-12-6-3-7-13-23/h3-17,26-31H,18-22H2,1-2H3/t26-,27-,28-,29-,30-,31-/m1/s1. The Bertz CT molecular complexity index is 1250. The number of ether oxygens (including phenoxy) is 5. The Morgan fingerprint density at radius 2 is 1.30 bits per heavy atom. The molecule has 7 heteroatoms. The van der Waals surface area contributed by atoms with E-state index in [0.717, 1.165) is 16.7 Å². The third kappa shape index (κ3) is 5.71. The molecule has 0 bridgehead atoms. The Balaban J connectivity index is 1.26. The molecule has 0 radical (unpaired) electrons. The molecule has 0 N–H and O–H groups in total. The van der Waals surface area contributed by atoms with Gasteiger partial charge >= 0.3 is 0 Å². The lowest BCUT2D eigenvalue weighted by atomic mass is 9.82. The van der Waals surface area contributed by atoms with Gasteiger partial charge in [-0.05, 0) is 30.5 Å². The zero-order chi connectivity index (χ0) is 27.5. The number of β-lactam (4-membered cyclic amide) rings is 1. The summed E-state index contributed by atoms with van der Waals surface area (Å²) >= 11 is 0. The van der Waals surface area contributed by atoms with Crippen molar-refractivity contribution in [2.45, 2.75) is 69.9 Å². The van der Waals surface area contributed by atoms with E-state index in [0.29, 0.717) is 33.0 Å². The molecule has 6 atom stereocenters. The van der Waals surface area contributed by atoms with Crippen LogP contribution in [0.5, 0.6) is 0 Å². The summed E-state index contributed by atoms with van der Waals surface area (Å²) in [5.74, 6) is -1.03. The highest BCUT2D eigenvalue weighted by Gasteiger charge is 2.67. The van der Waals surface area contributed by atoms with Crippen molar-refractivity contribution >= 4 is 5.91 Å². The molecule has 40 heavy (non-hydrogen) atoms. The highest BCUT2D eigenvalue weighted by Crippen LogP contribution is 2.47. The van der Waals surface area contributed by atoms with Crippen LogP contribution in [-0.2, 0) is 48.3 Å². The number of nitrogens with zero attached hydrogens (tertiary/aromatic N) is 1. The molecule has 210 valence electrons. The van der Waals surface area contributed by atoms with E-state index in [2.05, 4.69) is 0 Å². The van der Waals surface area contributed by atoms with Crippen molar-refractivity contribution in [3.05, 3.63) is 108 Å². The summed E-state index contributed by atoms with van der Waals surface area (Å²) < 4.78 is 31.5. The molecule has 0 aromatic heterocycles. The number of rotatable bonds is 11. The summed E-state index contributed by atoms with van der Waals surface area (Å²) in [6.07, 6.45) is -1.04. The molecule has 0 unspecified atom stereocenters. The van der Waals surface area contributed by atoms with Crippen molar-refractivity contribution in [3.8, 4) is 0 Å². The van der Waals surface area contributed by atoms with Gasteiger partial charge in [0.25, 0.3) is 0 Å². The SMILES string of the molecule is CC1(C)OC[C@H]([C@H]2C(=O)N3[C@H]2[C@@H](OCc2ccccc2)[C@H](OCc2ccccc2)[C@H]3COCc2ccccc2)O1. The van der Waals surface area contributed by atoms with Crippen molar-refractivity contribution < 1.29 is 28.5 Å². The molecule has 3 aliphatic heterocycles. The largest absolute Gasteiger partial charge is 0.375 e. The second-order valence-electron chi connectivity index (χ2n) is 11.2. The maximum atomic E-state index is 13.7. The summed E-state index contributed by atoms with van der Waals surface area (Å²) in [7, 11) is 0. The normalized spacial score (nSPS) is 28.9. The molecule has 6 rings (SSSR count). The maximum absolute atomic E-state index is 13.7. The van der Waals surface area contributed by atoms with E-state index < -0.39 is 5.79 Å². The van der Waals surface area contributed by atoms with Gasteiger partial charge in [0.05, 0.1) is 57.1 Å². The number of fused-ring (bicyclic) bond motifs is 1. The Kier molecular flexibility index (Phi) is 8.01. The predicted octanol–water partition coefficient (Wildman–Crippen LogP) is 4.73. The van der Waals surface area contributed by atoms with Crippen LogP contribution in [0.15, 0.2) is 91.0 Å². The minimum Gasteiger partial charge on any atom is -0.375 e. The van der Waals surface area contributed by atoms with E-state index in [-0.39, 0.29) is 42.2 Å². The summed E-state index contributed by atoms with van der Waals surface area (Å²) in [4.78, 5) is 15.7. The number of hydrogen-bond acceptors (Lipinski definition) is 6. The van der Waals surface area contributed by atoms with Crippen LogP contribution in [0.25, 0.3) is 0 Å². The van der Waals surface area contributed by atoms with Crippen LogP contribution in [0, 0.1) is 5.92 Å². The number of carbonyl (C=O) groups is 1. The molecule has 0 spiro atoms. The second kappa shape index (κ2) is 11.8. The fourth-order valence-electron chi connectivity index (χ4n) is 6.13. The lowest BCUT2D eigenvalue weighted by molar-refractivity contribution is -0.185. The van der Waals surface area contributed by atoms with Crippen LogP contribution >= 0.6 is 0 Å². The van der Waals surface area contributed by atoms with Crippen LogP contribution in [0.3, 0.4) is 0 Å². The smallest absolute Gasteiger partial charge is 0.231 e. The first-order valence-electron chi connectivity index (χ1n) is 14.1. The lowest BCUT2D eigenvalue weighted by Gasteiger charge is -2.48. The van der Waals surface area contributed by atoms with E-state index in [1.807, 2.05) is 110 Å². The van der Waals surface area contributed by atoms with E-state index in [9.17, 15) is 4.79 Å². The minimum absolute atomic E-state index is 0.0451. The van der Waals surface area contributed by atoms with Crippen molar-refractivity contribution in [2.24, 2.45) is 5.92 Å². The van der Waals surface area contributed by atoms with Crippen LogP contribution in [-0.4, -0.2) is 60.2 Å². The average Bonchev–Trinajstić information content (AvgIpc) is 3.46. The monoisotopic (exact) mass is 543 g/mol. The molecule has 3 saturated heterocycles. The van der Waals surface area contributed by atoms with Gasteiger partial charge in [-0.25, -0.2) is 0 Å². The topological polar surface area (TPSA) is 66.5 Å². The van der Waals surface area contributed by atoms with Crippen molar-refractivity contribution in [1.29, 1.82) is 0 Å². The summed E-state index contributed by atoms with van der Waals surface area (Å²) in [6, 6.07) is 29.8. The number of carbonyl (C=O) groups excluding carboxylic acids is 1. The van der Waals surface area contributed by atoms with Gasteiger partial charge in [-0.3, -0.25) is 4.79 Å². The predicted molar refractivity (Wildman–Crippen MR) is 149 cm³/mol. The van der Waals surface area contributed by atoms with Gasteiger partial charge in [0.2, 0.25) is 5.91 Å². The fraction of sp³-hybridized carbons (Fsp3) is 0.424. The molecule has 3 aromatic rings. The molecule has 0 saturated carbocycles. The van der Waals surface area contributed by atoms with Crippen LogP contribution < -0.4 is 0 Å². The zero-order valence-corrected chi connectivity index (χ0v) is 23.1. The molecule has 1 amide bonds. The van der Waals surface area contributed by atoms with E-state index >= 15 is 0 Å². The van der Waals surface area contributed by atoms with Crippen molar-refractivity contribution in [2.75, 3.05) is 13.2 Å². The van der Waals surface area contributed by atoms with Gasteiger partial charge in [0, 0.05) is 0 Å². The molecule has 3 fully saturated rings. The van der Waals surface area contributed by atoms with Crippen LogP contribution in [0.4, 0.5) is 0 Å². The Hall–Kier alpha value is -3.07. The quantitative estimate of drug-likeness (QED) is 0.326. The number of benzene rings is 3. The van der Waals surface area contributed by atoms with Gasteiger partial charge in [-0.15, -0.1) is 0 Å². The number of amides is 1. The summed E-state index contributed by atoms with van der Waals surface area (Å²) in [5.41, 5.74) is 3.23. The van der Waals surface area contributed by atoms with Crippen molar-refractivity contribution in [3.63, 3.8) is 0 Å². The van der Waals surface area contributed by atoms with Crippen molar-refractivity contribution in [1.82, 2.24) is 4.90 Å². The Labute approximate surface area is 235 Å². The van der Waals surface area contributed by atoms with Crippen LogP contribution in [0.2, 0.25) is 0 Å². The Morgan fingerprint density at radius 3 is 1.82 bits per heavy atom. The lowest BCUT2D eigenvalue weighted by Crippen LogP contribution is -2.67. The van der Waals surface area contributed by atoms with Gasteiger partial charge < -0.3 is 28.6 Å². The van der Waals surface area contributed by atoms with Gasteiger partial charge in [0.15, 0.2) is 5.79 Å². The van der Waals surface area contributed by atoms with Gasteiger partial charge in [-0.2, -0.15) is 0 Å². The summed E-state index contributed by atoms with van der Waals surface area (Å²) in [6.45, 7) is 5.80. The first-order valence-corrected chi connectivity index (χ1v) is 14.1. The third-order valence-corrected chi connectivity index (χ3v) is 8.03. The Morgan fingerprint density at radius 1 is 0.775 bits per heavy atom. The first kappa shape index (κ1) is 27.1. The third-order valence-electron chi connectivity index (χ3n) is 8.03. The highest BCUT2D eigenvalue weighted by molar-refractivity contribution is 5.88. The first-order chi connectivity index (χ1) is 19.5.